The molecule has 8 rings (SSSR count). The second-order valence-electron chi connectivity index (χ2n) is 15.6. The number of nitrogens with zero attached hydrogens (tertiary/aromatic N) is 7. The van der Waals surface area contributed by atoms with Crippen LogP contribution < -0.4 is 20.3 Å². The highest BCUT2D eigenvalue weighted by Gasteiger charge is 2.31. The first-order chi connectivity index (χ1) is 26.3. The van der Waals surface area contributed by atoms with Crippen LogP contribution in [-0.4, -0.2) is 100.0 Å². The fourth-order valence-corrected chi connectivity index (χ4v) is 8.79. The number of benzene rings is 1. The van der Waals surface area contributed by atoms with Crippen molar-refractivity contribution < 1.29 is 19.1 Å². The average molecular weight is 734 g/mol. The molecular formula is C41H51N9O4. The molecule has 3 amide bonds. The van der Waals surface area contributed by atoms with Gasteiger partial charge in [-0.3, -0.25) is 19.7 Å². The predicted molar refractivity (Wildman–Crippen MR) is 207 cm³/mol. The van der Waals surface area contributed by atoms with Crippen LogP contribution in [0.5, 0.6) is 5.75 Å². The van der Waals surface area contributed by atoms with Crippen molar-refractivity contribution in [2.45, 2.75) is 82.2 Å². The number of nitrogens with one attached hydrogen (secondary N) is 2. The van der Waals surface area contributed by atoms with Gasteiger partial charge in [0, 0.05) is 63.0 Å². The number of carbonyl (C=O) groups is 3. The highest BCUT2D eigenvalue weighted by Crippen LogP contribution is 2.35. The van der Waals surface area contributed by atoms with Gasteiger partial charge >= 0.3 is 0 Å². The molecule has 1 aliphatic carbocycles. The molecule has 1 atom stereocenters. The molecule has 2 N–H and O–H groups in total. The van der Waals surface area contributed by atoms with E-state index in [1.807, 2.05) is 30.3 Å². The lowest BCUT2D eigenvalue weighted by atomic mass is 9.90. The fraction of sp³-hybridized carbons (Fsp3) is 0.512. The van der Waals surface area contributed by atoms with Crippen LogP contribution in [0.25, 0.3) is 11.0 Å². The van der Waals surface area contributed by atoms with Gasteiger partial charge in [0.2, 0.25) is 17.8 Å². The Morgan fingerprint density at radius 2 is 1.70 bits per heavy atom. The number of rotatable bonds is 10. The van der Waals surface area contributed by atoms with E-state index in [9.17, 15) is 14.4 Å². The van der Waals surface area contributed by atoms with Gasteiger partial charge in [-0.05, 0) is 99.8 Å². The van der Waals surface area contributed by atoms with Gasteiger partial charge in [0.05, 0.1) is 18.7 Å². The van der Waals surface area contributed by atoms with Crippen molar-refractivity contribution in [2.24, 2.45) is 5.92 Å². The number of imide groups is 1. The molecule has 4 aromatic rings. The molecule has 1 aromatic carbocycles. The molecule has 13 heteroatoms. The quantitative estimate of drug-likeness (QED) is 0.196. The number of ether oxygens (including phenoxy) is 1. The van der Waals surface area contributed by atoms with Gasteiger partial charge in [0.15, 0.2) is 0 Å². The number of hydrogen-bond acceptors (Lipinski definition) is 10. The number of hydrogen-bond donors (Lipinski definition) is 2. The van der Waals surface area contributed by atoms with Crippen LogP contribution >= 0.6 is 0 Å². The van der Waals surface area contributed by atoms with Gasteiger partial charge in [-0.1, -0.05) is 25.0 Å². The van der Waals surface area contributed by atoms with Crippen LogP contribution in [0.1, 0.15) is 92.2 Å². The van der Waals surface area contributed by atoms with Crippen molar-refractivity contribution in [3.05, 3.63) is 66.1 Å². The monoisotopic (exact) mass is 733 g/mol. The van der Waals surface area contributed by atoms with Gasteiger partial charge in [-0.2, -0.15) is 4.98 Å². The zero-order valence-electron chi connectivity index (χ0n) is 31.4. The first kappa shape index (κ1) is 36.0. The third-order valence-electron chi connectivity index (χ3n) is 11.9. The molecule has 54 heavy (non-hydrogen) atoms. The van der Waals surface area contributed by atoms with Crippen molar-refractivity contribution in [1.82, 2.24) is 34.6 Å². The number of likely N-dealkylation sites (tertiary alicyclic amines) is 1. The third-order valence-corrected chi connectivity index (χ3v) is 11.9. The van der Waals surface area contributed by atoms with Gasteiger partial charge in [0.1, 0.15) is 22.9 Å². The maximum atomic E-state index is 13.0. The topological polar surface area (TPSA) is 138 Å². The molecule has 1 unspecified atom stereocenters. The average Bonchev–Trinajstić information content (AvgIpc) is 3.86. The van der Waals surface area contributed by atoms with E-state index in [0.29, 0.717) is 48.9 Å². The van der Waals surface area contributed by atoms with Crippen LogP contribution in [0.3, 0.4) is 0 Å². The maximum Gasteiger partial charge on any atom is 0.270 e. The van der Waals surface area contributed by atoms with E-state index >= 15 is 0 Å². The Bertz CT molecular complexity index is 1970. The van der Waals surface area contributed by atoms with E-state index < -0.39 is 0 Å². The molecule has 3 aliphatic heterocycles. The van der Waals surface area contributed by atoms with Crippen molar-refractivity contribution in [1.29, 1.82) is 0 Å². The standard InChI is InChI=1S/C41H51N9O4/c1-47(2)40(53)35-23-29-24-43-41(46-38(29)50(35)31-7-3-4-8-31)44-36-12-10-33(25-42-36)54-26-27-14-18-48(19-15-27)30-16-20-49(21-17-30)32-9-5-6-28(22-32)34-11-13-37(51)45-39(34)52/h5-6,9-10,12,22-25,27,30-31,34H,3-4,7-8,11,13-21,26H2,1-2H3,(H,45,51,52)(H,42,43,44,46). The summed E-state index contributed by atoms with van der Waals surface area (Å²) in [6.07, 6.45) is 13.4. The first-order valence-electron chi connectivity index (χ1n) is 19.7. The Morgan fingerprint density at radius 1 is 0.907 bits per heavy atom. The summed E-state index contributed by atoms with van der Waals surface area (Å²) in [4.78, 5) is 57.8. The van der Waals surface area contributed by atoms with E-state index in [-0.39, 0.29) is 29.7 Å². The Hall–Kier alpha value is -5.04. The molecule has 0 radical (unpaired) electrons. The van der Waals surface area contributed by atoms with Crippen LogP contribution in [0.15, 0.2) is 54.9 Å². The van der Waals surface area contributed by atoms with Crippen molar-refractivity contribution in [3.63, 3.8) is 0 Å². The highest BCUT2D eigenvalue weighted by molar-refractivity contribution is 6.01. The summed E-state index contributed by atoms with van der Waals surface area (Å²) in [5.74, 6) is 1.70. The minimum Gasteiger partial charge on any atom is -0.492 e. The Balaban J connectivity index is 0.800. The molecule has 6 heterocycles. The molecule has 4 aliphatic rings. The molecule has 4 fully saturated rings. The molecular weight excluding hydrogens is 683 g/mol. The number of amides is 3. The smallest absolute Gasteiger partial charge is 0.270 e. The van der Waals surface area contributed by atoms with Crippen LogP contribution in [0, 0.1) is 5.92 Å². The lowest BCUT2D eigenvalue weighted by molar-refractivity contribution is -0.134. The van der Waals surface area contributed by atoms with E-state index in [1.165, 1.54) is 0 Å². The third kappa shape index (κ3) is 7.77. The largest absolute Gasteiger partial charge is 0.492 e. The number of pyridine rings is 1. The van der Waals surface area contributed by atoms with Crippen LogP contribution in [0.2, 0.25) is 0 Å². The van der Waals surface area contributed by atoms with Crippen molar-refractivity contribution in [3.8, 4) is 5.75 Å². The normalized spacial score (nSPS) is 20.7. The number of fused-ring (bicyclic) bond motifs is 1. The summed E-state index contributed by atoms with van der Waals surface area (Å²) in [7, 11) is 3.56. The Morgan fingerprint density at radius 3 is 2.43 bits per heavy atom. The summed E-state index contributed by atoms with van der Waals surface area (Å²) in [5.41, 5.74) is 3.59. The van der Waals surface area contributed by atoms with Crippen molar-refractivity contribution >= 4 is 46.2 Å². The predicted octanol–water partition coefficient (Wildman–Crippen LogP) is 5.67. The molecule has 0 bridgehead atoms. The number of anilines is 3. The van der Waals surface area contributed by atoms with E-state index in [4.69, 9.17) is 9.72 Å². The van der Waals surface area contributed by atoms with Gasteiger partial charge in [-0.25, -0.2) is 9.97 Å². The van der Waals surface area contributed by atoms with Gasteiger partial charge in [0.25, 0.3) is 5.91 Å². The second-order valence-corrected chi connectivity index (χ2v) is 15.6. The second kappa shape index (κ2) is 15.7. The molecule has 13 nitrogen and oxygen atoms in total. The van der Waals surface area contributed by atoms with Gasteiger partial charge < -0.3 is 29.3 Å². The lowest BCUT2D eigenvalue weighted by Crippen LogP contribution is -2.48. The summed E-state index contributed by atoms with van der Waals surface area (Å²) < 4.78 is 8.32. The van der Waals surface area contributed by atoms with Crippen LogP contribution in [-0.2, 0) is 9.59 Å². The van der Waals surface area contributed by atoms with Crippen molar-refractivity contribution in [2.75, 3.05) is 57.1 Å². The Kier molecular flexibility index (Phi) is 10.5. The molecule has 284 valence electrons. The zero-order chi connectivity index (χ0) is 37.2. The molecule has 0 spiro atoms. The summed E-state index contributed by atoms with van der Waals surface area (Å²) in [6.45, 7) is 4.85. The molecule has 1 saturated carbocycles. The minimum absolute atomic E-state index is 0.0252. The fourth-order valence-electron chi connectivity index (χ4n) is 8.79. The maximum absolute atomic E-state index is 13.0. The minimum atomic E-state index is -0.253. The SMILES string of the molecule is CN(C)C(=O)c1cc2cnc(Nc3ccc(OCC4CCN(C5CCN(c6cccc(C7CCC(=O)NC7=O)c6)CC5)CC4)cn3)nc2n1C1CCCC1. The summed E-state index contributed by atoms with van der Waals surface area (Å²) in [6, 6.07) is 14.9. The zero-order valence-corrected chi connectivity index (χ0v) is 31.4. The van der Waals surface area contributed by atoms with E-state index in [2.05, 4.69) is 47.1 Å². The van der Waals surface area contributed by atoms with E-state index in [0.717, 1.165) is 106 Å². The molecule has 3 saturated heterocycles. The number of aromatic nitrogens is 4. The van der Waals surface area contributed by atoms with Crippen LogP contribution in [0.4, 0.5) is 17.5 Å². The first-order valence-corrected chi connectivity index (χ1v) is 19.7. The summed E-state index contributed by atoms with van der Waals surface area (Å²) >= 11 is 0. The molecule has 3 aromatic heterocycles. The highest BCUT2D eigenvalue weighted by atomic mass is 16.5. The summed E-state index contributed by atoms with van der Waals surface area (Å²) in [5, 5.41) is 6.59. The number of carbonyl (C=O) groups excluding carboxylic acids is 3. The lowest BCUT2D eigenvalue weighted by Gasteiger charge is -2.42. The van der Waals surface area contributed by atoms with Gasteiger partial charge in [-0.15, -0.1) is 0 Å². The number of piperidine rings is 3. The van der Waals surface area contributed by atoms with E-state index in [1.54, 1.807) is 31.4 Å². The Labute approximate surface area is 316 Å².